The maximum atomic E-state index is 12.1. The Kier molecular flexibility index (Phi) is 7.23. The van der Waals surface area contributed by atoms with E-state index in [9.17, 15) is 9.59 Å². The van der Waals surface area contributed by atoms with E-state index in [1.165, 1.54) is 0 Å². The van der Waals surface area contributed by atoms with Gasteiger partial charge in [-0.15, -0.1) is 0 Å². The van der Waals surface area contributed by atoms with Crippen molar-refractivity contribution < 1.29 is 9.59 Å². The highest BCUT2D eigenvalue weighted by atomic mass is 16.2. The third-order valence-electron chi connectivity index (χ3n) is 4.00. The molecule has 0 aliphatic carbocycles. The normalized spacial score (nSPS) is 14.7. The fourth-order valence-electron chi connectivity index (χ4n) is 2.23. The lowest BCUT2D eigenvalue weighted by atomic mass is 9.96. The van der Waals surface area contributed by atoms with Gasteiger partial charge in [-0.3, -0.25) is 9.59 Å². The highest BCUT2D eigenvalue weighted by Gasteiger charge is 2.26. The summed E-state index contributed by atoms with van der Waals surface area (Å²) in [5.74, 6) is -0.176. The number of carbonyl (C=O) groups excluding carboxylic acids is 2. The lowest BCUT2D eigenvalue weighted by molar-refractivity contribution is -0.126. The van der Waals surface area contributed by atoms with Gasteiger partial charge in [0.15, 0.2) is 0 Å². The molecule has 1 aromatic carbocycles. The van der Waals surface area contributed by atoms with Crippen molar-refractivity contribution in [2.24, 2.45) is 11.7 Å². The lowest BCUT2D eigenvalue weighted by Gasteiger charge is -2.22. The van der Waals surface area contributed by atoms with Crippen molar-refractivity contribution in [3.8, 4) is 0 Å². The number of nitrogens with two attached hydrogens (primary N) is 1. The van der Waals surface area contributed by atoms with Crippen molar-refractivity contribution in [1.82, 2.24) is 5.32 Å². The van der Waals surface area contributed by atoms with Gasteiger partial charge in [0.05, 0.1) is 5.54 Å². The van der Waals surface area contributed by atoms with Gasteiger partial charge in [0.1, 0.15) is 0 Å². The Morgan fingerprint density at radius 1 is 1.30 bits per heavy atom. The largest absolute Gasteiger partial charge is 0.350 e. The Balaban J connectivity index is 2.64. The Hall–Kier alpha value is -1.88. The van der Waals surface area contributed by atoms with Crippen LogP contribution >= 0.6 is 0 Å². The number of anilines is 1. The zero-order chi connectivity index (χ0) is 17.5. The average molecular weight is 319 g/mol. The van der Waals surface area contributed by atoms with Crippen LogP contribution in [0.15, 0.2) is 24.3 Å². The third kappa shape index (κ3) is 6.02. The molecule has 5 nitrogen and oxygen atoms in total. The minimum atomic E-state index is -0.850. The summed E-state index contributed by atoms with van der Waals surface area (Å²) in [6.07, 6.45) is 2.30. The van der Waals surface area contributed by atoms with Crippen molar-refractivity contribution >= 4 is 17.5 Å². The fraction of sp³-hybridized carbons (Fsp3) is 0.556. The molecule has 0 spiro atoms. The second-order valence-electron chi connectivity index (χ2n) is 6.35. The number of benzene rings is 1. The van der Waals surface area contributed by atoms with Crippen LogP contribution in [0, 0.1) is 5.92 Å². The zero-order valence-corrected chi connectivity index (χ0v) is 14.6. The van der Waals surface area contributed by atoms with E-state index in [4.69, 9.17) is 5.73 Å². The van der Waals surface area contributed by atoms with Gasteiger partial charge in [-0.25, -0.2) is 0 Å². The molecule has 4 N–H and O–H groups in total. The molecule has 0 aliphatic heterocycles. The van der Waals surface area contributed by atoms with E-state index in [0.717, 1.165) is 24.1 Å². The van der Waals surface area contributed by atoms with E-state index in [0.29, 0.717) is 13.0 Å². The molecule has 2 unspecified atom stereocenters. The van der Waals surface area contributed by atoms with Gasteiger partial charge in [0.2, 0.25) is 11.8 Å². The molecule has 0 bridgehead atoms. The molecule has 0 saturated carbocycles. The average Bonchev–Trinajstić information content (AvgIpc) is 2.51. The molecule has 23 heavy (non-hydrogen) atoms. The molecule has 2 amide bonds. The third-order valence-corrected chi connectivity index (χ3v) is 4.00. The van der Waals surface area contributed by atoms with Crippen LogP contribution in [-0.4, -0.2) is 17.4 Å². The number of nitrogens with one attached hydrogen (secondary N) is 2. The number of carbonyl (C=O) groups is 2. The summed E-state index contributed by atoms with van der Waals surface area (Å²) in [6, 6.07) is 7.48. The van der Waals surface area contributed by atoms with Gasteiger partial charge in [0, 0.05) is 18.2 Å². The number of hydrogen-bond acceptors (Lipinski definition) is 3. The summed E-state index contributed by atoms with van der Waals surface area (Å²) in [5.41, 5.74) is 6.83. The van der Waals surface area contributed by atoms with Crippen LogP contribution in [0.4, 0.5) is 5.69 Å². The SMILES string of the molecule is CCCC(C)(N)C(=O)NCc1cccc(NC(=O)C(C)CC)c1. The first-order valence-electron chi connectivity index (χ1n) is 8.27. The summed E-state index contributed by atoms with van der Waals surface area (Å²) >= 11 is 0. The molecule has 1 rings (SSSR count). The molecule has 1 aromatic rings. The van der Waals surface area contributed by atoms with E-state index in [1.807, 2.05) is 45.0 Å². The van der Waals surface area contributed by atoms with E-state index < -0.39 is 5.54 Å². The summed E-state index contributed by atoms with van der Waals surface area (Å²) in [7, 11) is 0. The first-order valence-corrected chi connectivity index (χ1v) is 8.27. The van der Waals surface area contributed by atoms with Gasteiger partial charge in [-0.2, -0.15) is 0 Å². The summed E-state index contributed by atoms with van der Waals surface area (Å²) < 4.78 is 0. The molecule has 128 valence electrons. The maximum Gasteiger partial charge on any atom is 0.240 e. The second-order valence-corrected chi connectivity index (χ2v) is 6.35. The highest BCUT2D eigenvalue weighted by Crippen LogP contribution is 2.14. The van der Waals surface area contributed by atoms with Crippen LogP contribution in [0.2, 0.25) is 0 Å². The fourth-order valence-corrected chi connectivity index (χ4v) is 2.23. The van der Waals surface area contributed by atoms with Crippen molar-refractivity contribution in [3.05, 3.63) is 29.8 Å². The van der Waals surface area contributed by atoms with Gasteiger partial charge < -0.3 is 16.4 Å². The van der Waals surface area contributed by atoms with Crippen LogP contribution in [0.1, 0.15) is 52.5 Å². The maximum absolute atomic E-state index is 12.1. The van der Waals surface area contributed by atoms with E-state index in [2.05, 4.69) is 10.6 Å². The molecule has 0 radical (unpaired) electrons. The predicted octanol–water partition coefficient (Wildman–Crippen LogP) is 2.80. The van der Waals surface area contributed by atoms with Gasteiger partial charge in [-0.1, -0.05) is 39.3 Å². The standard InChI is InChI=1S/C18H29N3O2/c1-5-10-18(4,19)17(23)20-12-14-8-7-9-15(11-14)21-16(22)13(3)6-2/h7-9,11,13H,5-6,10,12,19H2,1-4H3,(H,20,23)(H,21,22). The summed E-state index contributed by atoms with van der Waals surface area (Å²) in [5, 5.41) is 5.76. The summed E-state index contributed by atoms with van der Waals surface area (Å²) in [4.78, 5) is 24.0. The van der Waals surface area contributed by atoms with Crippen LogP contribution in [0.25, 0.3) is 0 Å². The molecule has 2 atom stereocenters. The minimum absolute atomic E-state index is 0.00571. The molecular formula is C18H29N3O2. The Bertz CT molecular complexity index is 541. The number of hydrogen-bond donors (Lipinski definition) is 3. The van der Waals surface area contributed by atoms with E-state index >= 15 is 0 Å². The zero-order valence-electron chi connectivity index (χ0n) is 14.6. The topological polar surface area (TPSA) is 84.2 Å². The van der Waals surface area contributed by atoms with Crippen LogP contribution in [0.5, 0.6) is 0 Å². The molecular weight excluding hydrogens is 290 g/mol. The van der Waals surface area contributed by atoms with Crippen LogP contribution in [0.3, 0.4) is 0 Å². The molecule has 0 aromatic heterocycles. The van der Waals surface area contributed by atoms with Gasteiger partial charge >= 0.3 is 0 Å². The molecule has 5 heteroatoms. The van der Waals surface area contributed by atoms with E-state index in [1.54, 1.807) is 6.92 Å². The first-order chi connectivity index (χ1) is 10.8. The van der Waals surface area contributed by atoms with Gasteiger partial charge in [-0.05, 0) is 37.5 Å². The monoisotopic (exact) mass is 319 g/mol. The summed E-state index contributed by atoms with van der Waals surface area (Å²) in [6.45, 7) is 8.02. The van der Waals surface area contributed by atoms with Crippen molar-refractivity contribution in [1.29, 1.82) is 0 Å². The molecule has 0 saturated heterocycles. The lowest BCUT2D eigenvalue weighted by Crippen LogP contribution is -2.51. The van der Waals surface area contributed by atoms with Crippen LogP contribution in [-0.2, 0) is 16.1 Å². The van der Waals surface area contributed by atoms with Crippen LogP contribution < -0.4 is 16.4 Å². The minimum Gasteiger partial charge on any atom is -0.350 e. The number of amides is 2. The Labute approximate surface area is 139 Å². The highest BCUT2D eigenvalue weighted by molar-refractivity contribution is 5.92. The van der Waals surface area contributed by atoms with Crippen molar-refractivity contribution in [3.63, 3.8) is 0 Å². The Morgan fingerprint density at radius 2 is 2.00 bits per heavy atom. The van der Waals surface area contributed by atoms with Gasteiger partial charge in [0.25, 0.3) is 0 Å². The van der Waals surface area contributed by atoms with Crippen molar-refractivity contribution in [2.75, 3.05) is 5.32 Å². The molecule has 0 fully saturated rings. The molecule has 0 heterocycles. The predicted molar refractivity (Wildman–Crippen MR) is 93.9 cm³/mol. The Morgan fingerprint density at radius 3 is 2.61 bits per heavy atom. The van der Waals surface area contributed by atoms with E-state index in [-0.39, 0.29) is 17.7 Å². The smallest absolute Gasteiger partial charge is 0.240 e. The molecule has 0 aliphatic rings. The number of rotatable bonds is 8. The van der Waals surface area contributed by atoms with Crippen molar-refractivity contribution in [2.45, 2.75) is 59.0 Å². The quantitative estimate of drug-likeness (QED) is 0.689. The second kappa shape index (κ2) is 8.67. The first kappa shape index (κ1) is 19.2.